The second kappa shape index (κ2) is 6.73. The molecule has 25 heavy (non-hydrogen) atoms. The summed E-state index contributed by atoms with van der Waals surface area (Å²) >= 11 is 3.31. The van der Waals surface area contributed by atoms with Crippen LogP contribution in [0, 0.1) is 0 Å². The molecule has 1 aromatic carbocycles. The molecule has 0 spiro atoms. The fourth-order valence-corrected chi connectivity index (χ4v) is 2.91. The maximum absolute atomic E-state index is 12.5. The Morgan fingerprint density at radius 3 is 2.80 bits per heavy atom. The minimum absolute atomic E-state index is 0.102. The number of ether oxygens (including phenoxy) is 1. The standard InChI is InChI=1S/C15H14BrN3O6/c16-7-1-2-9-8(5-7)11(12(25-9)13(17)20)18-14(21)10-6-19(15(22)23)3-4-24-10/h1-2,5,10H,3-4,6H2,(H2,17,20)(H,18,21)(H,22,23). The normalized spacial score (nSPS) is 17.5. The Labute approximate surface area is 149 Å². The lowest BCUT2D eigenvalue weighted by Gasteiger charge is -2.30. The van der Waals surface area contributed by atoms with E-state index in [0.29, 0.717) is 11.0 Å². The molecule has 10 heteroatoms. The van der Waals surface area contributed by atoms with Crippen LogP contribution in [0.3, 0.4) is 0 Å². The van der Waals surface area contributed by atoms with Gasteiger partial charge in [-0.05, 0) is 18.2 Å². The lowest BCUT2D eigenvalue weighted by molar-refractivity contribution is -0.131. The average molecular weight is 412 g/mol. The van der Waals surface area contributed by atoms with Crippen molar-refractivity contribution in [1.29, 1.82) is 0 Å². The Morgan fingerprint density at radius 2 is 2.12 bits per heavy atom. The SMILES string of the molecule is NC(=O)c1oc2ccc(Br)cc2c1NC(=O)C1CN(C(=O)O)CCO1. The molecule has 1 aliphatic rings. The number of hydrogen-bond acceptors (Lipinski definition) is 5. The molecule has 0 radical (unpaired) electrons. The van der Waals surface area contributed by atoms with Crippen LogP contribution < -0.4 is 11.1 Å². The summed E-state index contributed by atoms with van der Waals surface area (Å²) in [5.41, 5.74) is 5.83. The van der Waals surface area contributed by atoms with Gasteiger partial charge in [-0.25, -0.2) is 4.79 Å². The van der Waals surface area contributed by atoms with E-state index in [1.54, 1.807) is 18.2 Å². The predicted octanol–water partition coefficient (Wildman–Crippen LogP) is 1.61. The number of carboxylic acid groups (broad SMARTS) is 1. The van der Waals surface area contributed by atoms with Crippen LogP contribution in [0.1, 0.15) is 10.6 Å². The molecule has 1 fully saturated rings. The lowest BCUT2D eigenvalue weighted by atomic mass is 10.2. The van der Waals surface area contributed by atoms with Crippen molar-refractivity contribution >= 4 is 50.5 Å². The van der Waals surface area contributed by atoms with Crippen molar-refractivity contribution in [3.8, 4) is 0 Å². The molecule has 9 nitrogen and oxygen atoms in total. The second-order valence-electron chi connectivity index (χ2n) is 5.39. The average Bonchev–Trinajstić information content (AvgIpc) is 2.93. The van der Waals surface area contributed by atoms with Crippen LogP contribution in [-0.4, -0.2) is 53.7 Å². The number of furan rings is 1. The molecule has 1 unspecified atom stereocenters. The van der Waals surface area contributed by atoms with Crippen molar-refractivity contribution in [2.45, 2.75) is 6.10 Å². The summed E-state index contributed by atoms with van der Waals surface area (Å²) in [5, 5.41) is 12.1. The Bertz CT molecular complexity index is 864. The molecule has 3 amide bonds. The molecule has 1 aliphatic heterocycles. The van der Waals surface area contributed by atoms with E-state index in [4.69, 9.17) is 20.0 Å². The number of morpholine rings is 1. The number of nitrogens with one attached hydrogen (secondary N) is 1. The fourth-order valence-electron chi connectivity index (χ4n) is 2.55. The Morgan fingerprint density at radius 1 is 1.36 bits per heavy atom. The van der Waals surface area contributed by atoms with Crippen LogP contribution in [0.4, 0.5) is 10.5 Å². The molecule has 3 rings (SSSR count). The van der Waals surface area contributed by atoms with Crippen LogP contribution in [-0.2, 0) is 9.53 Å². The summed E-state index contributed by atoms with van der Waals surface area (Å²) in [6.07, 6.45) is -2.13. The Balaban J connectivity index is 1.90. The zero-order valence-electron chi connectivity index (χ0n) is 12.8. The van der Waals surface area contributed by atoms with Gasteiger partial charge in [0.05, 0.1) is 13.2 Å². The quantitative estimate of drug-likeness (QED) is 0.701. The molecular formula is C15H14BrN3O6. The summed E-state index contributed by atoms with van der Waals surface area (Å²) < 4.78 is 11.5. The van der Waals surface area contributed by atoms with Crippen LogP contribution in [0.15, 0.2) is 27.1 Å². The number of fused-ring (bicyclic) bond motifs is 1. The van der Waals surface area contributed by atoms with E-state index < -0.39 is 24.0 Å². The highest BCUT2D eigenvalue weighted by molar-refractivity contribution is 9.10. The van der Waals surface area contributed by atoms with E-state index >= 15 is 0 Å². The third kappa shape index (κ3) is 3.44. The number of nitrogens with zero attached hydrogens (tertiary/aromatic N) is 1. The maximum atomic E-state index is 12.5. The fraction of sp³-hybridized carbons (Fsp3) is 0.267. The molecule has 2 heterocycles. The highest BCUT2D eigenvalue weighted by Crippen LogP contribution is 2.33. The van der Waals surface area contributed by atoms with Crippen LogP contribution >= 0.6 is 15.9 Å². The van der Waals surface area contributed by atoms with Crippen LogP contribution in [0.2, 0.25) is 0 Å². The summed E-state index contributed by atoms with van der Waals surface area (Å²) in [4.78, 5) is 36.2. The third-order valence-electron chi connectivity index (χ3n) is 3.75. The summed E-state index contributed by atoms with van der Waals surface area (Å²) in [7, 11) is 0. The van der Waals surface area contributed by atoms with Gasteiger partial charge in [-0.2, -0.15) is 0 Å². The molecule has 2 aromatic rings. The van der Waals surface area contributed by atoms with Crippen molar-refractivity contribution in [3.63, 3.8) is 0 Å². The van der Waals surface area contributed by atoms with Gasteiger partial charge in [0, 0.05) is 16.4 Å². The molecule has 0 saturated carbocycles. The zero-order chi connectivity index (χ0) is 18.1. The topological polar surface area (TPSA) is 135 Å². The lowest BCUT2D eigenvalue weighted by Crippen LogP contribution is -2.49. The number of rotatable bonds is 3. The first-order valence-electron chi connectivity index (χ1n) is 7.29. The van der Waals surface area contributed by atoms with Gasteiger partial charge in [0.25, 0.3) is 11.8 Å². The van der Waals surface area contributed by atoms with E-state index in [9.17, 15) is 14.4 Å². The molecule has 4 N–H and O–H groups in total. The number of anilines is 1. The number of benzene rings is 1. The van der Waals surface area contributed by atoms with Crippen molar-refractivity contribution in [2.75, 3.05) is 25.0 Å². The monoisotopic (exact) mass is 411 g/mol. The van der Waals surface area contributed by atoms with Crippen LogP contribution in [0.25, 0.3) is 11.0 Å². The summed E-state index contributed by atoms with van der Waals surface area (Å²) in [6.45, 7) is 0.185. The second-order valence-corrected chi connectivity index (χ2v) is 6.30. The van der Waals surface area contributed by atoms with Gasteiger partial charge >= 0.3 is 6.09 Å². The van der Waals surface area contributed by atoms with Gasteiger partial charge in [0.15, 0.2) is 6.10 Å². The maximum Gasteiger partial charge on any atom is 0.407 e. The highest BCUT2D eigenvalue weighted by Gasteiger charge is 2.31. The minimum atomic E-state index is -1.13. The molecule has 0 aliphatic carbocycles. The van der Waals surface area contributed by atoms with Crippen molar-refractivity contribution in [2.24, 2.45) is 5.73 Å². The first-order valence-corrected chi connectivity index (χ1v) is 8.08. The minimum Gasteiger partial charge on any atom is -0.465 e. The number of carbonyl (C=O) groups is 3. The molecule has 1 saturated heterocycles. The number of halogens is 1. The van der Waals surface area contributed by atoms with Crippen molar-refractivity contribution in [1.82, 2.24) is 4.90 Å². The number of nitrogens with two attached hydrogens (primary N) is 1. The van der Waals surface area contributed by atoms with Gasteiger partial charge in [0.2, 0.25) is 5.76 Å². The van der Waals surface area contributed by atoms with E-state index in [-0.39, 0.29) is 31.1 Å². The van der Waals surface area contributed by atoms with Crippen molar-refractivity contribution in [3.05, 3.63) is 28.4 Å². The van der Waals surface area contributed by atoms with Crippen molar-refractivity contribution < 1.29 is 28.6 Å². The number of amides is 3. The third-order valence-corrected chi connectivity index (χ3v) is 4.24. The van der Waals surface area contributed by atoms with E-state index in [0.717, 1.165) is 9.37 Å². The highest BCUT2D eigenvalue weighted by atomic mass is 79.9. The molecule has 1 atom stereocenters. The van der Waals surface area contributed by atoms with Gasteiger partial charge in [-0.3, -0.25) is 9.59 Å². The number of hydrogen-bond donors (Lipinski definition) is 3. The van der Waals surface area contributed by atoms with Gasteiger partial charge < -0.3 is 30.2 Å². The molecule has 132 valence electrons. The predicted molar refractivity (Wildman–Crippen MR) is 90.4 cm³/mol. The number of primary amides is 1. The zero-order valence-corrected chi connectivity index (χ0v) is 14.4. The Hall–Kier alpha value is -2.59. The smallest absolute Gasteiger partial charge is 0.407 e. The largest absolute Gasteiger partial charge is 0.465 e. The first kappa shape index (κ1) is 17.2. The van der Waals surface area contributed by atoms with Gasteiger partial charge in [-0.15, -0.1) is 0 Å². The van der Waals surface area contributed by atoms with Gasteiger partial charge in [-0.1, -0.05) is 15.9 Å². The van der Waals surface area contributed by atoms with Gasteiger partial charge in [0.1, 0.15) is 11.3 Å². The molecule has 1 aromatic heterocycles. The van der Waals surface area contributed by atoms with E-state index in [1.807, 2.05) is 0 Å². The summed E-state index contributed by atoms with van der Waals surface area (Å²) in [5.74, 6) is -1.61. The first-order chi connectivity index (χ1) is 11.9. The Kier molecular flexibility index (Phi) is 4.64. The molecular weight excluding hydrogens is 398 g/mol. The van der Waals surface area contributed by atoms with Crippen LogP contribution in [0.5, 0.6) is 0 Å². The van der Waals surface area contributed by atoms with E-state index in [2.05, 4.69) is 21.2 Å². The van der Waals surface area contributed by atoms with E-state index in [1.165, 1.54) is 0 Å². The number of carbonyl (C=O) groups excluding carboxylic acids is 2. The molecule has 0 bridgehead atoms. The summed E-state index contributed by atoms with van der Waals surface area (Å²) in [6, 6.07) is 5.02.